The highest BCUT2D eigenvalue weighted by molar-refractivity contribution is 5.44. The molecular weight excluding hydrogens is 268 g/mol. The molecule has 22 heavy (non-hydrogen) atoms. The van der Waals surface area contributed by atoms with E-state index in [2.05, 4.69) is 20.8 Å². The number of unbranched alkanes of at least 4 members (excludes halogenated alkanes) is 9. The van der Waals surface area contributed by atoms with Gasteiger partial charge in [-0.1, -0.05) is 77.7 Å². The Morgan fingerprint density at radius 2 is 1.27 bits per heavy atom. The monoisotopic (exact) mass is 304 g/mol. The van der Waals surface area contributed by atoms with Crippen molar-refractivity contribution >= 4 is 0 Å². The Morgan fingerprint density at radius 1 is 0.727 bits per heavy atom. The molecule has 0 aliphatic heterocycles. The number of benzene rings is 1. The summed E-state index contributed by atoms with van der Waals surface area (Å²) >= 11 is 0. The summed E-state index contributed by atoms with van der Waals surface area (Å²) < 4.78 is 0. The molecule has 0 atom stereocenters. The Kier molecular flexibility index (Phi) is 10.0. The highest BCUT2D eigenvalue weighted by atomic mass is 16.3. The first-order valence-electron chi connectivity index (χ1n) is 9.51. The first kappa shape index (κ1) is 19.1. The molecule has 0 radical (unpaired) electrons. The molecule has 1 N–H and O–H groups in total. The van der Waals surface area contributed by atoms with E-state index in [1.54, 1.807) is 0 Å². The molecule has 1 rings (SSSR count). The minimum atomic E-state index is 0.498. The van der Waals surface area contributed by atoms with Gasteiger partial charge in [-0.2, -0.15) is 0 Å². The fourth-order valence-corrected chi connectivity index (χ4v) is 3.36. The smallest absolute Gasteiger partial charge is 0.119 e. The molecule has 0 aliphatic carbocycles. The molecular formula is C21H36O. The Labute approximate surface area is 138 Å². The highest BCUT2D eigenvalue weighted by Gasteiger charge is 2.08. The summed E-state index contributed by atoms with van der Waals surface area (Å²) in [6.07, 6.45) is 15.7. The third-order valence-corrected chi connectivity index (χ3v) is 4.77. The van der Waals surface area contributed by atoms with Gasteiger partial charge in [0, 0.05) is 0 Å². The van der Waals surface area contributed by atoms with Crippen LogP contribution >= 0.6 is 0 Å². The fourth-order valence-electron chi connectivity index (χ4n) is 3.36. The summed E-state index contributed by atoms with van der Waals surface area (Å²) in [6, 6.07) is 3.90. The summed E-state index contributed by atoms with van der Waals surface area (Å²) in [4.78, 5) is 0. The molecule has 126 valence electrons. The van der Waals surface area contributed by atoms with Crippen LogP contribution in [0.5, 0.6) is 5.75 Å². The van der Waals surface area contributed by atoms with Crippen molar-refractivity contribution in [2.24, 2.45) is 0 Å². The number of hydrogen-bond acceptors (Lipinski definition) is 1. The van der Waals surface area contributed by atoms with Crippen LogP contribution in [-0.4, -0.2) is 5.11 Å². The van der Waals surface area contributed by atoms with E-state index in [0.717, 1.165) is 12.8 Å². The van der Waals surface area contributed by atoms with Crippen molar-refractivity contribution in [2.75, 3.05) is 0 Å². The van der Waals surface area contributed by atoms with Gasteiger partial charge in [-0.05, 0) is 48.9 Å². The lowest BCUT2D eigenvalue weighted by atomic mass is 9.94. The first-order chi connectivity index (χ1) is 10.7. The second kappa shape index (κ2) is 11.6. The quantitative estimate of drug-likeness (QED) is 0.425. The van der Waals surface area contributed by atoms with E-state index in [9.17, 15) is 5.11 Å². The van der Waals surface area contributed by atoms with Gasteiger partial charge in [0.1, 0.15) is 5.75 Å². The number of rotatable bonds is 12. The molecule has 0 bridgehead atoms. The number of phenols is 1. The van der Waals surface area contributed by atoms with Crippen LogP contribution in [0.3, 0.4) is 0 Å². The molecule has 0 saturated carbocycles. The van der Waals surface area contributed by atoms with E-state index in [4.69, 9.17) is 0 Å². The number of aryl methyl sites for hydroxylation is 1. The van der Waals surface area contributed by atoms with Crippen LogP contribution in [0.25, 0.3) is 0 Å². The number of hydrogen-bond donors (Lipinski definition) is 1. The van der Waals surface area contributed by atoms with E-state index < -0.39 is 0 Å². The van der Waals surface area contributed by atoms with Crippen LogP contribution in [0.1, 0.15) is 94.7 Å². The minimum absolute atomic E-state index is 0.498. The largest absolute Gasteiger partial charge is 0.508 e. The molecule has 0 amide bonds. The summed E-state index contributed by atoms with van der Waals surface area (Å²) in [6.45, 7) is 6.61. The molecule has 0 aliphatic rings. The molecule has 0 fully saturated rings. The molecule has 0 spiro atoms. The molecule has 0 heterocycles. The average molecular weight is 305 g/mol. The summed E-state index contributed by atoms with van der Waals surface area (Å²) in [5.41, 5.74) is 3.88. The van der Waals surface area contributed by atoms with Crippen LogP contribution in [0.15, 0.2) is 12.1 Å². The van der Waals surface area contributed by atoms with Crippen LogP contribution in [-0.2, 0) is 12.8 Å². The zero-order valence-electron chi connectivity index (χ0n) is 15.1. The van der Waals surface area contributed by atoms with Gasteiger partial charge in [-0.25, -0.2) is 0 Å². The van der Waals surface area contributed by atoms with Crippen molar-refractivity contribution in [2.45, 2.75) is 97.8 Å². The Hall–Kier alpha value is -0.980. The van der Waals surface area contributed by atoms with E-state index in [1.807, 2.05) is 12.1 Å². The van der Waals surface area contributed by atoms with Crippen LogP contribution in [0.2, 0.25) is 0 Å². The van der Waals surface area contributed by atoms with Crippen molar-refractivity contribution in [3.8, 4) is 5.75 Å². The zero-order valence-corrected chi connectivity index (χ0v) is 15.1. The third kappa shape index (κ3) is 6.85. The van der Waals surface area contributed by atoms with Crippen LogP contribution in [0, 0.1) is 6.92 Å². The highest BCUT2D eigenvalue weighted by Crippen LogP contribution is 2.27. The minimum Gasteiger partial charge on any atom is -0.508 e. The van der Waals surface area contributed by atoms with Crippen molar-refractivity contribution in [3.05, 3.63) is 28.8 Å². The standard InChI is InChI=1S/C21H36O/c1-4-6-7-8-9-10-11-12-13-14-15-20-19(5-2)18(3)16-17-21(20)22/h16-17,22H,4-15H2,1-3H3. The van der Waals surface area contributed by atoms with Crippen molar-refractivity contribution < 1.29 is 5.11 Å². The average Bonchev–Trinajstić information content (AvgIpc) is 2.52. The fraction of sp³-hybridized carbons (Fsp3) is 0.714. The van der Waals surface area contributed by atoms with Crippen molar-refractivity contribution in [1.29, 1.82) is 0 Å². The van der Waals surface area contributed by atoms with Gasteiger partial charge in [0.25, 0.3) is 0 Å². The normalized spacial score (nSPS) is 11.0. The summed E-state index contributed by atoms with van der Waals surface area (Å²) in [5, 5.41) is 10.1. The van der Waals surface area contributed by atoms with Crippen LogP contribution < -0.4 is 0 Å². The molecule has 1 heteroatoms. The maximum absolute atomic E-state index is 10.1. The van der Waals surface area contributed by atoms with Gasteiger partial charge in [-0.15, -0.1) is 0 Å². The predicted octanol–water partition coefficient (Wildman–Crippen LogP) is 6.73. The lowest BCUT2D eigenvalue weighted by molar-refractivity contribution is 0.464. The van der Waals surface area contributed by atoms with Crippen molar-refractivity contribution in [1.82, 2.24) is 0 Å². The van der Waals surface area contributed by atoms with E-state index in [1.165, 1.54) is 80.9 Å². The summed E-state index contributed by atoms with van der Waals surface area (Å²) in [7, 11) is 0. The Balaban J connectivity index is 2.16. The van der Waals surface area contributed by atoms with Gasteiger partial charge in [-0.3, -0.25) is 0 Å². The van der Waals surface area contributed by atoms with E-state index in [-0.39, 0.29) is 0 Å². The molecule has 0 saturated heterocycles. The van der Waals surface area contributed by atoms with Crippen molar-refractivity contribution in [3.63, 3.8) is 0 Å². The number of phenolic OH excluding ortho intramolecular Hbond substituents is 1. The molecule has 1 nitrogen and oxygen atoms in total. The molecule has 0 aromatic heterocycles. The van der Waals surface area contributed by atoms with Gasteiger partial charge in [0.05, 0.1) is 0 Å². The van der Waals surface area contributed by atoms with Gasteiger partial charge in [0.15, 0.2) is 0 Å². The zero-order chi connectivity index (χ0) is 16.2. The predicted molar refractivity (Wildman–Crippen MR) is 97.8 cm³/mol. The third-order valence-electron chi connectivity index (χ3n) is 4.77. The lowest BCUT2D eigenvalue weighted by Crippen LogP contribution is -1.97. The maximum atomic E-state index is 10.1. The lowest BCUT2D eigenvalue weighted by Gasteiger charge is -2.13. The summed E-state index contributed by atoms with van der Waals surface area (Å²) in [5.74, 6) is 0.498. The van der Waals surface area contributed by atoms with Gasteiger partial charge < -0.3 is 5.11 Å². The Bertz CT molecular complexity index is 409. The SMILES string of the molecule is CCCCCCCCCCCCc1c(O)ccc(C)c1CC. The van der Waals surface area contributed by atoms with Gasteiger partial charge in [0.2, 0.25) is 0 Å². The molecule has 1 aromatic carbocycles. The first-order valence-corrected chi connectivity index (χ1v) is 9.51. The topological polar surface area (TPSA) is 20.2 Å². The van der Waals surface area contributed by atoms with E-state index in [0.29, 0.717) is 5.75 Å². The maximum Gasteiger partial charge on any atom is 0.119 e. The molecule has 0 unspecified atom stereocenters. The Morgan fingerprint density at radius 3 is 1.82 bits per heavy atom. The number of aromatic hydroxyl groups is 1. The second-order valence-corrected chi connectivity index (χ2v) is 6.64. The van der Waals surface area contributed by atoms with Gasteiger partial charge >= 0.3 is 0 Å². The van der Waals surface area contributed by atoms with E-state index >= 15 is 0 Å². The molecule has 1 aromatic rings. The second-order valence-electron chi connectivity index (χ2n) is 6.64. The van der Waals surface area contributed by atoms with Crippen LogP contribution in [0.4, 0.5) is 0 Å².